The Morgan fingerprint density at radius 1 is 1.21 bits per heavy atom. The minimum absolute atomic E-state index is 0.140. The van der Waals surface area contributed by atoms with E-state index in [9.17, 15) is 8.42 Å². The van der Waals surface area contributed by atoms with E-state index in [1.165, 1.54) is 17.5 Å². The summed E-state index contributed by atoms with van der Waals surface area (Å²) in [6.45, 7) is 4.45. The van der Waals surface area contributed by atoms with Gasteiger partial charge in [-0.2, -0.15) is 0 Å². The van der Waals surface area contributed by atoms with Crippen LogP contribution in [0.3, 0.4) is 0 Å². The first-order valence-corrected chi connectivity index (χ1v) is 9.92. The molecule has 0 amide bonds. The molecule has 130 valence electrons. The van der Waals surface area contributed by atoms with Crippen LogP contribution in [-0.2, 0) is 29.4 Å². The second kappa shape index (κ2) is 7.03. The molecule has 1 aliphatic rings. The standard InChI is InChI=1S/C17H24N4O2S/c1-13(2)17(12-21-10-9-18-20-21)19-24(22,23)16-8-7-14-5-3-4-6-15(14)11-16/h7-11,13,17,19H,3-6,12H2,1-2H3/t17-/m1/s1. The van der Waals surface area contributed by atoms with Crippen molar-refractivity contribution in [1.82, 2.24) is 19.7 Å². The zero-order chi connectivity index (χ0) is 17.2. The van der Waals surface area contributed by atoms with Crippen molar-refractivity contribution in [1.29, 1.82) is 0 Å². The molecule has 0 bridgehead atoms. The van der Waals surface area contributed by atoms with Crippen LogP contribution in [0.1, 0.15) is 37.8 Å². The van der Waals surface area contributed by atoms with E-state index < -0.39 is 10.0 Å². The van der Waals surface area contributed by atoms with Gasteiger partial charge in [-0.15, -0.1) is 5.10 Å². The van der Waals surface area contributed by atoms with Crippen molar-refractivity contribution in [2.75, 3.05) is 0 Å². The highest BCUT2D eigenvalue weighted by Crippen LogP contribution is 2.24. The van der Waals surface area contributed by atoms with Crippen molar-refractivity contribution in [3.8, 4) is 0 Å². The van der Waals surface area contributed by atoms with E-state index in [2.05, 4.69) is 15.0 Å². The average Bonchev–Trinajstić information content (AvgIpc) is 3.06. The number of rotatable bonds is 6. The van der Waals surface area contributed by atoms with Gasteiger partial charge in [0.15, 0.2) is 0 Å². The Hall–Kier alpha value is -1.73. The molecule has 0 saturated carbocycles. The molecule has 1 aromatic heterocycles. The van der Waals surface area contributed by atoms with Crippen molar-refractivity contribution in [3.63, 3.8) is 0 Å². The fourth-order valence-electron chi connectivity index (χ4n) is 3.06. The second-order valence-corrected chi connectivity index (χ2v) is 8.45. The molecule has 1 aliphatic carbocycles. The molecule has 7 heteroatoms. The maximum Gasteiger partial charge on any atom is 0.240 e. The van der Waals surface area contributed by atoms with E-state index >= 15 is 0 Å². The third-order valence-corrected chi connectivity index (χ3v) is 6.08. The fourth-order valence-corrected chi connectivity index (χ4v) is 4.49. The molecule has 0 saturated heterocycles. The first-order chi connectivity index (χ1) is 11.5. The van der Waals surface area contributed by atoms with Crippen molar-refractivity contribution in [2.45, 2.75) is 57.0 Å². The van der Waals surface area contributed by atoms with Crippen LogP contribution >= 0.6 is 0 Å². The summed E-state index contributed by atoms with van der Waals surface area (Å²) in [7, 11) is -3.55. The molecule has 1 heterocycles. The van der Waals surface area contributed by atoms with Crippen molar-refractivity contribution in [2.24, 2.45) is 5.92 Å². The van der Waals surface area contributed by atoms with E-state index in [0.717, 1.165) is 19.3 Å². The molecule has 0 fully saturated rings. The highest BCUT2D eigenvalue weighted by Gasteiger charge is 2.24. The van der Waals surface area contributed by atoms with Gasteiger partial charge in [-0.05, 0) is 54.9 Å². The van der Waals surface area contributed by atoms with E-state index in [1.54, 1.807) is 23.1 Å². The van der Waals surface area contributed by atoms with Gasteiger partial charge in [-0.25, -0.2) is 13.1 Å². The number of nitrogens with zero attached hydrogens (tertiary/aromatic N) is 3. The number of hydrogen-bond acceptors (Lipinski definition) is 4. The predicted molar refractivity (Wildman–Crippen MR) is 92.1 cm³/mol. The Labute approximate surface area is 143 Å². The first kappa shape index (κ1) is 17.1. The van der Waals surface area contributed by atoms with Crippen LogP contribution in [0, 0.1) is 5.92 Å². The van der Waals surface area contributed by atoms with Gasteiger partial charge in [0, 0.05) is 12.2 Å². The quantitative estimate of drug-likeness (QED) is 0.868. The molecule has 0 aliphatic heterocycles. The van der Waals surface area contributed by atoms with Crippen LogP contribution < -0.4 is 4.72 Å². The minimum atomic E-state index is -3.55. The van der Waals surface area contributed by atoms with Crippen molar-refractivity contribution >= 4 is 10.0 Å². The summed E-state index contributed by atoms with van der Waals surface area (Å²) in [5.41, 5.74) is 2.45. The third kappa shape index (κ3) is 3.84. The largest absolute Gasteiger partial charge is 0.251 e. The summed E-state index contributed by atoms with van der Waals surface area (Å²) in [4.78, 5) is 0.354. The molecule has 3 rings (SSSR count). The average molecular weight is 348 g/mol. The summed E-state index contributed by atoms with van der Waals surface area (Å²) >= 11 is 0. The maximum absolute atomic E-state index is 12.8. The van der Waals surface area contributed by atoms with E-state index in [4.69, 9.17) is 0 Å². The molecular weight excluding hydrogens is 324 g/mol. The van der Waals surface area contributed by atoms with Gasteiger partial charge < -0.3 is 0 Å². The lowest BCUT2D eigenvalue weighted by molar-refractivity contribution is 0.378. The second-order valence-electron chi connectivity index (χ2n) is 6.73. The molecule has 0 unspecified atom stereocenters. The Balaban J connectivity index is 1.81. The van der Waals surface area contributed by atoms with E-state index in [1.807, 2.05) is 26.0 Å². The molecule has 1 N–H and O–H groups in total. The summed E-state index contributed by atoms with van der Waals surface area (Å²) < 4.78 is 30.1. The monoisotopic (exact) mass is 348 g/mol. The number of sulfonamides is 1. The van der Waals surface area contributed by atoms with Crippen LogP contribution in [0.5, 0.6) is 0 Å². The topological polar surface area (TPSA) is 76.9 Å². The lowest BCUT2D eigenvalue weighted by Gasteiger charge is -2.23. The smallest absolute Gasteiger partial charge is 0.240 e. The number of aryl methyl sites for hydroxylation is 2. The molecule has 1 atom stereocenters. The predicted octanol–water partition coefficient (Wildman–Crippen LogP) is 2.16. The molecular formula is C17H24N4O2S. The van der Waals surface area contributed by atoms with Gasteiger partial charge in [0.25, 0.3) is 0 Å². The number of nitrogens with one attached hydrogen (secondary N) is 1. The normalized spacial score (nSPS) is 16.1. The highest BCUT2D eigenvalue weighted by molar-refractivity contribution is 7.89. The van der Waals surface area contributed by atoms with Gasteiger partial charge in [0.2, 0.25) is 10.0 Å². The summed E-state index contributed by atoms with van der Waals surface area (Å²) in [6.07, 6.45) is 7.66. The van der Waals surface area contributed by atoms with Crippen molar-refractivity contribution in [3.05, 3.63) is 41.7 Å². The number of benzene rings is 1. The number of aromatic nitrogens is 3. The number of fused-ring (bicyclic) bond motifs is 1. The van der Waals surface area contributed by atoms with Crippen LogP contribution in [0.15, 0.2) is 35.5 Å². The summed E-state index contributed by atoms with van der Waals surface area (Å²) in [5.74, 6) is 0.140. The molecule has 6 nitrogen and oxygen atoms in total. The van der Waals surface area contributed by atoms with Gasteiger partial charge in [0.05, 0.1) is 17.6 Å². The van der Waals surface area contributed by atoms with Crippen LogP contribution in [0.2, 0.25) is 0 Å². The Kier molecular flexibility index (Phi) is 5.01. The third-order valence-electron chi connectivity index (χ3n) is 4.60. The SMILES string of the molecule is CC(C)[C@@H](Cn1ccnn1)NS(=O)(=O)c1ccc2c(c1)CCCC2. The summed E-state index contributed by atoms with van der Waals surface area (Å²) in [6, 6.07) is 5.28. The molecule has 24 heavy (non-hydrogen) atoms. The highest BCUT2D eigenvalue weighted by atomic mass is 32.2. The Morgan fingerprint density at radius 2 is 1.96 bits per heavy atom. The first-order valence-electron chi connectivity index (χ1n) is 8.44. The van der Waals surface area contributed by atoms with Crippen LogP contribution in [-0.4, -0.2) is 29.5 Å². The molecule has 1 aromatic carbocycles. The minimum Gasteiger partial charge on any atom is -0.251 e. The van der Waals surface area contributed by atoms with Gasteiger partial charge >= 0.3 is 0 Å². The molecule has 2 aromatic rings. The van der Waals surface area contributed by atoms with Crippen LogP contribution in [0.4, 0.5) is 0 Å². The zero-order valence-electron chi connectivity index (χ0n) is 14.1. The lowest BCUT2D eigenvalue weighted by Crippen LogP contribution is -2.41. The van der Waals surface area contributed by atoms with Crippen LogP contribution in [0.25, 0.3) is 0 Å². The molecule has 0 radical (unpaired) electrons. The van der Waals surface area contributed by atoms with Gasteiger partial charge in [-0.3, -0.25) is 4.68 Å². The van der Waals surface area contributed by atoms with Gasteiger partial charge in [0.1, 0.15) is 0 Å². The Bertz CT molecular complexity index is 785. The lowest BCUT2D eigenvalue weighted by atomic mass is 9.92. The molecule has 0 spiro atoms. The zero-order valence-corrected chi connectivity index (χ0v) is 15.0. The van der Waals surface area contributed by atoms with Crippen molar-refractivity contribution < 1.29 is 8.42 Å². The Morgan fingerprint density at radius 3 is 2.62 bits per heavy atom. The van der Waals surface area contributed by atoms with E-state index in [-0.39, 0.29) is 12.0 Å². The maximum atomic E-state index is 12.8. The number of hydrogen-bond donors (Lipinski definition) is 1. The van der Waals surface area contributed by atoms with E-state index in [0.29, 0.717) is 11.4 Å². The summed E-state index contributed by atoms with van der Waals surface area (Å²) in [5, 5.41) is 7.70. The fraction of sp³-hybridized carbons (Fsp3) is 0.529. The van der Waals surface area contributed by atoms with Gasteiger partial charge in [-0.1, -0.05) is 25.1 Å².